The highest BCUT2D eigenvalue weighted by Crippen LogP contribution is 2.67. The van der Waals surface area contributed by atoms with E-state index in [2.05, 4.69) is 24.3 Å². The van der Waals surface area contributed by atoms with Gasteiger partial charge in [0.25, 0.3) is 0 Å². The summed E-state index contributed by atoms with van der Waals surface area (Å²) in [6.07, 6.45) is 0.00304. The number of halogens is 1. The van der Waals surface area contributed by atoms with Gasteiger partial charge in [-0.3, -0.25) is 14.4 Å². The van der Waals surface area contributed by atoms with Crippen LogP contribution in [0.2, 0.25) is 5.02 Å². The third-order valence-corrected chi connectivity index (χ3v) is 9.14. The van der Waals surface area contributed by atoms with Crippen molar-refractivity contribution in [1.82, 2.24) is 0 Å². The van der Waals surface area contributed by atoms with Crippen molar-refractivity contribution < 1.29 is 23.9 Å². The zero-order chi connectivity index (χ0) is 28.5. The molecule has 204 valence electrons. The highest BCUT2D eigenvalue weighted by molar-refractivity contribution is 6.32. The Kier molecular flexibility index (Phi) is 5.80. The van der Waals surface area contributed by atoms with E-state index in [0.29, 0.717) is 10.8 Å². The number of amides is 2. The Morgan fingerprint density at radius 3 is 2.10 bits per heavy atom. The van der Waals surface area contributed by atoms with Gasteiger partial charge in [-0.05, 0) is 65.1 Å². The Bertz CT molecular complexity index is 1700. The van der Waals surface area contributed by atoms with Crippen LogP contribution in [-0.4, -0.2) is 24.9 Å². The van der Waals surface area contributed by atoms with E-state index in [4.69, 9.17) is 21.1 Å². The van der Waals surface area contributed by atoms with Crippen molar-refractivity contribution in [2.24, 2.45) is 11.3 Å². The maximum atomic E-state index is 14.5. The third-order valence-electron chi connectivity index (χ3n) is 8.91. The fourth-order valence-corrected chi connectivity index (χ4v) is 7.33. The Morgan fingerprint density at radius 2 is 1.49 bits per heavy atom. The van der Waals surface area contributed by atoms with E-state index in [1.165, 1.54) is 17.0 Å². The number of esters is 1. The van der Waals surface area contributed by atoms with Gasteiger partial charge >= 0.3 is 5.97 Å². The molecule has 4 aliphatic rings. The van der Waals surface area contributed by atoms with E-state index >= 15 is 0 Å². The maximum Gasteiger partial charge on any atom is 0.315 e. The van der Waals surface area contributed by atoms with Crippen molar-refractivity contribution in [2.75, 3.05) is 12.0 Å². The Balaban J connectivity index is 1.28. The Labute approximate surface area is 242 Å². The lowest BCUT2D eigenvalue weighted by Gasteiger charge is -2.51. The first kappa shape index (κ1) is 25.5. The summed E-state index contributed by atoms with van der Waals surface area (Å²) in [5, 5.41) is 0.324. The van der Waals surface area contributed by atoms with Crippen LogP contribution in [0.25, 0.3) is 0 Å². The summed E-state index contributed by atoms with van der Waals surface area (Å²) in [5.41, 5.74) is 4.23. The van der Waals surface area contributed by atoms with E-state index in [1.54, 1.807) is 37.4 Å². The molecule has 0 saturated carbocycles. The van der Waals surface area contributed by atoms with Gasteiger partial charge in [0.1, 0.15) is 5.75 Å². The van der Waals surface area contributed by atoms with E-state index < -0.39 is 17.3 Å². The number of nitrogens with zero attached hydrogens (tertiary/aromatic N) is 1. The molecule has 3 aliphatic carbocycles. The van der Waals surface area contributed by atoms with Gasteiger partial charge in [-0.2, -0.15) is 0 Å². The molecule has 0 radical (unpaired) electrons. The summed E-state index contributed by atoms with van der Waals surface area (Å²) < 4.78 is 11.0. The van der Waals surface area contributed by atoms with Crippen LogP contribution in [0.15, 0.2) is 91.0 Å². The summed E-state index contributed by atoms with van der Waals surface area (Å²) >= 11 is 6.39. The summed E-state index contributed by atoms with van der Waals surface area (Å²) in [4.78, 5) is 43.1. The van der Waals surface area contributed by atoms with Crippen molar-refractivity contribution in [1.29, 1.82) is 0 Å². The van der Waals surface area contributed by atoms with E-state index in [1.807, 2.05) is 31.2 Å². The molecule has 2 bridgehead atoms. The Hall–Kier alpha value is -4.42. The molecule has 4 aromatic rings. The fraction of sp³-hybridized carbons (Fsp3) is 0.206. The molecule has 0 aromatic heterocycles. The zero-order valence-electron chi connectivity index (χ0n) is 22.5. The molecule has 1 aliphatic heterocycles. The van der Waals surface area contributed by atoms with Gasteiger partial charge < -0.3 is 9.47 Å². The van der Waals surface area contributed by atoms with Crippen molar-refractivity contribution in [2.45, 2.75) is 25.2 Å². The number of anilines is 1. The van der Waals surface area contributed by atoms with Gasteiger partial charge in [-0.25, -0.2) is 4.90 Å². The van der Waals surface area contributed by atoms with E-state index in [-0.39, 0.29) is 41.5 Å². The molecule has 8 rings (SSSR count). The van der Waals surface area contributed by atoms with Crippen LogP contribution in [0.3, 0.4) is 0 Å². The molecular weight excluding hydrogens is 538 g/mol. The molecule has 2 unspecified atom stereocenters. The molecule has 1 heterocycles. The fourth-order valence-electron chi connectivity index (χ4n) is 7.16. The van der Waals surface area contributed by atoms with Gasteiger partial charge in [-0.15, -0.1) is 0 Å². The number of hydrogen-bond donors (Lipinski definition) is 0. The smallest absolute Gasteiger partial charge is 0.315 e. The van der Waals surface area contributed by atoms with Crippen molar-refractivity contribution in [3.05, 3.63) is 124 Å². The first-order valence-corrected chi connectivity index (χ1v) is 13.9. The molecule has 4 aromatic carbocycles. The predicted molar refractivity (Wildman–Crippen MR) is 154 cm³/mol. The molecule has 2 amide bonds. The van der Waals surface area contributed by atoms with Crippen LogP contribution in [0, 0.1) is 11.3 Å². The maximum absolute atomic E-state index is 14.5. The topological polar surface area (TPSA) is 72.9 Å². The van der Waals surface area contributed by atoms with Crippen LogP contribution in [-0.2, 0) is 20.8 Å². The SMILES string of the molecule is COc1ccc(CC(=O)Oc2ccc(Cl)cc2N2C(=O)C3C4c5ccccc5C(c5ccccc54)C3(C)C2=O)cc1. The minimum atomic E-state index is -1.02. The van der Waals surface area contributed by atoms with E-state index in [0.717, 1.165) is 27.8 Å². The van der Waals surface area contributed by atoms with Crippen molar-refractivity contribution in [3.63, 3.8) is 0 Å². The Morgan fingerprint density at radius 1 is 0.878 bits per heavy atom. The summed E-state index contributed by atoms with van der Waals surface area (Å²) in [6, 6.07) is 27.9. The summed E-state index contributed by atoms with van der Waals surface area (Å²) in [6.45, 7) is 1.90. The predicted octanol–water partition coefficient (Wildman–Crippen LogP) is 6.28. The number of rotatable bonds is 5. The second-order valence-electron chi connectivity index (χ2n) is 11.0. The van der Waals surface area contributed by atoms with Gasteiger partial charge in [0.15, 0.2) is 5.75 Å². The van der Waals surface area contributed by atoms with Crippen LogP contribution in [0.5, 0.6) is 11.5 Å². The number of benzene rings is 4. The normalized spacial score (nSPS) is 23.6. The zero-order valence-corrected chi connectivity index (χ0v) is 23.2. The second-order valence-corrected chi connectivity index (χ2v) is 11.5. The first-order valence-electron chi connectivity index (χ1n) is 13.5. The number of ether oxygens (including phenoxy) is 2. The monoisotopic (exact) mass is 563 g/mol. The van der Waals surface area contributed by atoms with Gasteiger partial charge in [0.05, 0.1) is 30.6 Å². The molecule has 0 N–H and O–H groups in total. The molecule has 1 saturated heterocycles. The van der Waals surface area contributed by atoms with Gasteiger partial charge in [-0.1, -0.05) is 72.3 Å². The number of imide groups is 1. The van der Waals surface area contributed by atoms with Gasteiger partial charge in [0.2, 0.25) is 11.8 Å². The standard InChI is InChI=1S/C34H26ClNO5/c1-34-30-24-9-5-3-7-22(24)29(23-8-4-6-10-25(23)30)31(34)32(38)36(33(34)39)26-18-20(35)13-16-27(26)41-28(37)17-19-11-14-21(40-2)15-12-19/h3-16,18,29-31H,17H2,1-2H3. The average Bonchev–Trinajstić information content (AvgIpc) is 3.19. The summed E-state index contributed by atoms with van der Waals surface area (Å²) in [7, 11) is 1.58. The largest absolute Gasteiger partial charge is 0.497 e. The lowest BCUT2D eigenvalue weighted by Crippen LogP contribution is -2.49. The molecule has 7 heteroatoms. The first-order chi connectivity index (χ1) is 19.8. The number of carbonyl (C=O) groups is 3. The number of hydrogen-bond acceptors (Lipinski definition) is 5. The lowest BCUT2D eigenvalue weighted by molar-refractivity contribution is -0.134. The molecule has 6 nitrogen and oxygen atoms in total. The highest BCUT2D eigenvalue weighted by atomic mass is 35.5. The van der Waals surface area contributed by atoms with E-state index in [9.17, 15) is 14.4 Å². The molecular formula is C34H26ClNO5. The highest BCUT2D eigenvalue weighted by Gasteiger charge is 2.69. The van der Waals surface area contributed by atoms with Crippen molar-refractivity contribution >= 4 is 35.1 Å². The van der Waals surface area contributed by atoms with Crippen LogP contribution in [0.1, 0.15) is 46.6 Å². The average molecular weight is 564 g/mol. The van der Waals surface area contributed by atoms with Gasteiger partial charge in [0, 0.05) is 16.9 Å². The molecule has 41 heavy (non-hydrogen) atoms. The minimum absolute atomic E-state index is 0.00304. The third kappa shape index (κ3) is 3.67. The van der Waals surface area contributed by atoms with Crippen LogP contribution in [0.4, 0.5) is 5.69 Å². The molecule has 1 fully saturated rings. The molecule has 0 spiro atoms. The minimum Gasteiger partial charge on any atom is -0.497 e. The van der Waals surface area contributed by atoms with Crippen molar-refractivity contribution in [3.8, 4) is 11.5 Å². The number of carbonyl (C=O) groups excluding carboxylic acids is 3. The summed E-state index contributed by atoms with van der Waals surface area (Å²) in [5.74, 6) is -1.52. The quantitative estimate of drug-likeness (QED) is 0.162. The lowest BCUT2D eigenvalue weighted by atomic mass is 9.48. The number of methoxy groups -OCH3 is 1. The van der Waals surface area contributed by atoms with Crippen LogP contribution < -0.4 is 14.4 Å². The second kappa shape index (κ2) is 9.32. The van der Waals surface area contributed by atoms with Crippen LogP contribution >= 0.6 is 11.6 Å². The molecule has 2 atom stereocenters.